The molecule has 2 aromatic rings. The summed E-state index contributed by atoms with van der Waals surface area (Å²) in [4.78, 5) is 4.80. The Bertz CT molecular complexity index is 620. The van der Waals surface area contributed by atoms with Crippen LogP contribution < -0.4 is 5.32 Å². The molecule has 0 atom stereocenters. The van der Waals surface area contributed by atoms with Gasteiger partial charge in [0.15, 0.2) is 0 Å². The van der Waals surface area contributed by atoms with Crippen molar-refractivity contribution in [3.63, 3.8) is 0 Å². The zero-order valence-corrected chi connectivity index (χ0v) is 12.2. The lowest BCUT2D eigenvalue weighted by atomic mass is 10.0. The van der Waals surface area contributed by atoms with E-state index in [1.165, 1.54) is 28.6 Å². The summed E-state index contributed by atoms with van der Waals surface area (Å²) in [6, 6.07) is 6.51. The maximum Gasteiger partial charge on any atom is 0.0709 e. The Balaban J connectivity index is 2.16. The first-order chi connectivity index (χ1) is 9.15. The number of aryl methyl sites for hydroxylation is 1. The van der Waals surface area contributed by atoms with Gasteiger partial charge in [-0.25, -0.2) is 0 Å². The van der Waals surface area contributed by atoms with E-state index in [1.54, 1.807) is 0 Å². The number of rotatable bonds is 3. The van der Waals surface area contributed by atoms with E-state index in [0.717, 1.165) is 29.9 Å². The van der Waals surface area contributed by atoms with Gasteiger partial charge >= 0.3 is 0 Å². The standard InChI is InChI=1S/C16H19ClN2/c1-10(2)18-9-14-12-4-3-5-15(12)19-16-7-6-11(17)8-13(14)16/h6-8,10,18H,3-5,9H2,1-2H3. The van der Waals surface area contributed by atoms with Crippen LogP contribution in [0.2, 0.25) is 5.02 Å². The Kier molecular flexibility index (Phi) is 3.46. The highest BCUT2D eigenvalue weighted by Gasteiger charge is 2.19. The van der Waals surface area contributed by atoms with E-state index in [1.807, 2.05) is 12.1 Å². The third-order valence-electron chi connectivity index (χ3n) is 3.78. The minimum absolute atomic E-state index is 0.486. The highest BCUT2D eigenvalue weighted by molar-refractivity contribution is 6.31. The third-order valence-corrected chi connectivity index (χ3v) is 4.01. The highest BCUT2D eigenvalue weighted by Crippen LogP contribution is 2.31. The fourth-order valence-electron chi connectivity index (χ4n) is 2.84. The monoisotopic (exact) mass is 274 g/mol. The molecular formula is C16H19ClN2. The second-order valence-corrected chi connectivity index (χ2v) is 6.00. The van der Waals surface area contributed by atoms with E-state index < -0.39 is 0 Å². The van der Waals surface area contributed by atoms with Crippen molar-refractivity contribution in [3.8, 4) is 0 Å². The van der Waals surface area contributed by atoms with Crippen molar-refractivity contribution in [1.29, 1.82) is 0 Å². The molecule has 0 fully saturated rings. The summed E-state index contributed by atoms with van der Waals surface area (Å²) in [5, 5.41) is 5.53. The zero-order chi connectivity index (χ0) is 13.4. The van der Waals surface area contributed by atoms with Gasteiger partial charge in [-0.05, 0) is 48.6 Å². The topological polar surface area (TPSA) is 24.9 Å². The highest BCUT2D eigenvalue weighted by atomic mass is 35.5. The van der Waals surface area contributed by atoms with E-state index in [2.05, 4.69) is 25.2 Å². The number of aromatic nitrogens is 1. The van der Waals surface area contributed by atoms with Crippen LogP contribution in [0.4, 0.5) is 0 Å². The van der Waals surface area contributed by atoms with Crippen LogP contribution in [-0.2, 0) is 19.4 Å². The summed E-state index contributed by atoms with van der Waals surface area (Å²) in [5.74, 6) is 0. The molecule has 19 heavy (non-hydrogen) atoms. The third kappa shape index (κ3) is 2.47. The average Bonchev–Trinajstić information content (AvgIpc) is 2.82. The molecule has 0 unspecified atom stereocenters. The summed E-state index contributed by atoms with van der Waals surface area (Å²) in [6.45, 7) is 5.26. The van der Waals surface area contributed by atoms with Crippen molar-refractivity contribution in [2.24, 2.45) is 0 Å². The molecule has 1 N–H and O–H groups in total. The first-order valence-corrected chi connectivity index (χ1v) is 7.36. The Morgan fingerprint density at radius 1 is 1.32 bits per heavy atom. The average molecular weight is 275 g/mol. The van der Waals surface area contributed by atoms with Gasteiger partial charge in [0.05, 0.1) is 5.52 Å². The lowest BCUT2D eigenvalue weighted by Crippen LogP contribution is -2.23. The molecule has 3 heteroatoms. The molecule has 0 saturated heterocycles. The van der Waals surface area contributed by atoms with Crippen LogP contribution in [0.25, 0.3) is 10.9 Å². The largest absolute Gasteiger partial charge is 0.310 e. The fraction of sp³-hybridized carbons (Fsp3) is 0.438. The zero-order valence-electron chi connectivity index (χ0n) is 11.5. The van der Waals surface area contributed by atoms with E-state index in [-0.39, 0.29) is 0 Å². The molecule has 3 rings (SSSR count). The van der Waals surface area contributed by atoms with Gasteiger partial charge in [-0.2, -0.15) is 0 Å². The Morgan fingerprint density at radius 3 is 2.95 bits per heavy atom. The van der Waals surface area contributed by atoms with Crippen LogP contribution in [0.1, 0.15) is 37.1 Å². The predicted octanol–water partition coefficient (Wildman–Crippen LogP) is 3.87. The van der Waals surface area contributed by atoms with Crippen molar-refractivity contribution in [2.45, 2.75) is 45.7 Å². The van der Waals surface area contributed by atoms with Gasteiger partial charge in [-0.1, -0.05) is 25.4 Å². The Labute approximate surface area is 119 Å². The van der Waals surface area contributed by atoms with Crippen LogP contribution >= 0.6 is 11.6 Å². The number of fused-ring (bicyclic) bond motifs is 2. The van der Waals surface area contributed by atoms with Gasteiger partial charge in [0.25, 0.3) is 0 Å². The second kappa shape index (κ2) is 5.10. The number of nitrogens with one attached hydrogen (secondary N) is 1. The minimum atomic E-state index is 0.486. The van der Waals surface area contributed by atoms with Crippen molar-refractivity contribution >= 4 is 22.5 Å². The van der Waals surface area contributed by atoms with E-state index >= 15 is 0 Å². The lowest BCUT2D eigenvalue weighted by molar-refractivity contribution is 0.588. The SMILES string of the molecule is CC(C)NCc1c2c(nc3ccc(Cl)cc13)CCC2. The summed E-state index contributed by atoms with van der Waals surface area (Å²) in [7, 11) is 0. The predicted molar refractivity (Wildman–Crippen MR) is 80.8 cm³/mol. The first kappa shape index (κ1) is 12.9. The molecule has 0 radical (unpaired) electrons. The number of halogens is 1. The van der Waals surface area contributed by atoms with Crippen molar-refractivity contribution in [1.82, 2.24) is 10.3 Å². The smallest absolute Gasteiger partial charge is 0.0709 e. The van der Waals surface area contributed by atoms with Crippen LogP contribution in [-0.4, -0.2) is 11.0 Å². The molecule has 0 saturated carbocycles. The van der Waals surface area contributed by atoms with Gasteiger partial charge in [-0.3, -0.25) is 4.98 Å². The molecule has 1 heterocycles. The quantitative estimate of drug-likeness (QED) is 0.919. The molecule has 1 aromatic heterocycles. The number of hydrogen-bond donors (Lipinski definition) is 1. The van der Waals surface area contributed by atoms with Crippen LogP contribution in [0.3, 0.4) is 0 Å². The summed E-state index contributed by atoms with van der Waals surface area (Å²) in [5.41, 5.74) is 5.21. The van der Waals surface area contributed by atoms with Gasteiger partial charge in [0.2, 0.25) is 0 Å². The van der Waals surface area contributed by atoms with Crippen molar-refractivity contribution in [2.75, 3.05) is 0 Å². The first-order valence-electron chi connectivity index (χ1n) is 6.98. The maximum absolute atomic E-state index is 6.16. The van der Waals surface area contributed by atoms with Crippen molar-refractivity contribution in [3.05, 3.63) is 40.0 Å². The molecular weight excluding hydrogens is 256 g/mol. The number of benzene rings is 1. The van der Waals surface area contributed by atoms with Gasteiger partial charge in [0.1, 0.15) is 0 Å². The molecule has 2 nitrogen and oxygen atoms in total. The molecule has 1 aliphatic rings. The molecule has 1 aromatic carbocycles. The maximum atomic E-state index is 6.16. The van der Waals surface area contributed by atoms with E-state index in [4.69, 9.17) is 16.6 Å². The van der Waals surface area contributed by atoms with Gasteiger partial charge in [0, 0.05) is 28.7 Å². The molecule has 1 aliphatic carbocycles. The normalized spacial score (nSPS) is 14.3. The minimum Gasteiger partial charge on any atom is -0.310 e. The summed E-state index contributed by atoms with van der Waals surface area (Å²) < 4.78 is 0. The molecule has 0 spiro atoms. The number of hydrogen-bond acceptors (Lipinski definition) is 2. The molecule has 0 bridgehead atoms. The van der Waals surface area contributed by atoms with Crippen LogP contribution in [0, 0.1) is 0 Å². The van der Waals surface area contributed by atoms with Crippen molar-refractivity contribution < 1.29 is 0 Å². The van der Waals surface area contributed by atoms with Gasteiger partial charge in [-0.15, -0.1) is 0 Å². The molecule has 0 amide bonds. The molecule has 0 aliphatic heterocycles. The second-order valence-electron chi connectivity index (χ2n) is 5.57. The Morgan fingerprint density at radius 2 is 2.16 bits per heavy atom. The van der Waals surface area contributed by atoms with E-state index in [9.17, 15) is 0 Å². The van der Waals surface area contributed by atoms with Crippen LogP contribution in [0.5, 0.6) is 0 Å². The molecule has 100 valence electrons. The van der Waals surface area contributed by atoms with Gasteiger partial charge < -0.3 is 5.32 Å². The van der Waals surface area contributed by atoms with Crippen LogP contribution in [0.15, 0.2) is 18.2 Å². The summed E-state index contributed by atoms with van der Waals surface area (Å²) in [6.07, 6.45) is 3.49. The number of pyridine rings is 1. The summed E-state index contributed by atoms with van der Waals surface area (Å²) >= 11 is 6.16. The van der Waals surface area contributed by atoms with E-state index in [0.29, 0.717) is 6.04 Å². The lowest BCUT2D eigenvalue weighted by Gasteiger charge is -2.15. The fourth-order valence-corrected chi connectivity index (χ4v) is 3.01. The Hall–Kier alpha value is -1.12. The number of nitrogens with zero attached hydrogens (tertiary/aromatic N) is 1.